The molecule has 0 unspecified atom stereocenters. The molecule has 0 aliphatic heterocycles. The number of rotatable bonds is 8. The summed E-state index contributed by atoms with van der Waals surface area (Å²) in [7, 11) is 1.55. The van der Waals surface area contributed by atoms with Gasteiger partial charge in [-0.15, -0.1) is 0 Å². The lowest BCUT2D eigenvalue weighted by molar-refractivity contribution is -0.113. The molecule has 2 N–H and O–H groups in total. The Morgan fingerprint density at radius 2 is 1.67 bits per heavy atom. The third kappa shape index (κ3) is 6.04. The second kappa shape index (κ2) is 10.5. The van der Waals surface area contributed by atoms with E-state index >= 15 is 0 Å². The number of hydrogen-bond acceptors (Lipinski definition) is 5. The van der Waals surface area contributed by atoms with Gasteiger partial charge >= 0.3 is 0 Å². The van der Waals surface area contributed by atoms with Crippen molar-refractivity contribution < 1.29 is 23.5 Å². The van der Waals surface area contributed by atoms with Crippen LogP contribution in [0, 0.1) is 0 Å². The minimum atomic E-state index is -0.474. The van der Waals surface area contributed by atoms with Crippen molar-refractivity contribution in [3.8, 4) is 11.5 Å². The maximum absolute atomic E-state index is 13.0. The lowest BCUT2D eigenvalue weighted by atomic mass is 10.2. The molecule has 0 atom stereocenters. The summed E-state index contributed by atoms with van der Waals surface area (Å²) < 4.78 is 16.4. The third-order valence-corrected chi connectivity index (χ3v) is 5.39. The summed E-state index contributed by atoms with van der Waals surface area (Å²) in [5, 5.41) is 5.48. The molecular weight excluding hydrogens is 420 g/mol. The molecule has 7 nitrogen and oxygen atoms in total. The van der Waals surface area contributed by atoms with Crippen LogP contribution >= 0.6 is 0 Å². The lowest BCUT2D eigenvalue weighted by Gasteiger charge is -2.14. The van der Waals surface area contributed by atoms with E-state index in [-0.39, 0.29) is 11.8 Å². The van der Waals surface area contributed by atoms with Gasteiger partial charge in [0.2, 0.25) is 0 Å². The fourth-order valence-electron chi connectivity index (χ4n) is 3.62. The van der Waals surface area contributed by atoms with Crippen LogP contribution in [0.4, 0.5) is 5.69 Å². The van der Waals surface area contributed by atoms with E-state index in [0.29, 0.717) is 22.8 Å². The maximum atomic E-state index is 13.0. The molecule has 3 aromatic rings. The monoisotopic (exact) mass is 446 g/mol. The molecule has 1 aliphatic rings. The molecule has 1 aromatic heterocycles. The highest BCUT2D eigenvalue weighted by Gasteiger charge is 2.18. The average Bonchev–Trinajstić information content (AvgIpc) is 3.54. The standard InChI is InChI=1S/C26H26N2O5/c1-31-20-12-8-18(9-13-20)25(29)28-24(17-23-7-4-16-32-23)26(30)27-19-10-14-22(15-11-19)33-21-5-2-3-6-21/h4,7-17,21H,2-3,5-6H2,1H3,(H,27,30)(H,28,29)/b24-17-. The molecule has 0 radical (unpaired) electrons. The van der Waals surface area contributed by atoms with E-state index in [4.69, 9.17) is 13.9 Å². The summed E-state index contributed by atoms with van der Waals surface area (Å²) >= 11 is 0. The predicted octanol–water partition coefficient (Wildman–Crippen LogP) is 5.02. The number of carbonyl (C=O) groups excluding carboxylic acids is 2. The molecule has 0 bridgehead atoms. The Kier molecular flexibility index (Phi) is 7.09. The summed E-state index contributed by atoms with van der Waals surface area (Å²) in [5.74, 6) is 0.953. The van der Waals surface area contributed by atoms with Gasteiger partial charge in [-0.25, -0.2) is 0 Å². The van der Waals surface area contributed by atoms with Crippen LogP contribution in [-0.4, -0.2) is 25.0 Å². The van der Waals surface area contributed by atoms with Gasteiger partial charge in [-0.2, -0.15) is 0 Å². The molecular formula is C26H26N2O5. The second-order valence-electron chi connectivity index (χ2n) is 7.76. The van der Waals surface area contributed by atoms with Crippen molar-refractivity contribution >= 4 is 23.6 Å². The smallest absolute Gasteiger partial charge is 0.272 e. The molecule has 1 heterocycles. The van der Waals surface area contributed by atoms with E-state index < -0.39 is 11.8 Å². The predicted molar refractivity (Wildman–Crippen MR) is 125 cm³/mol. The highest BCUT2D eigenvalue weighted by molar-refractivity contribution is 6.10. The molecule has 1 fully saturated rings. The zero-order valence-corrected chi connectivity index (χ0v) is 18.4. The van der Waals surface area contributed by atoms with Gasteiger partial charge < -0.3 is 24.5 Å². The van der Waals surface area contributed by atoms with Gasteiger partial charge in [0, 0.05) is 17.3 Å². The number of anilines is 1. The van der Waals surface area contributed by atoms with Gasteiger partial charge in [0.05, 0.1) is 19.5 Å². The molecule has 0 spiro atoms. The van der Waals surface area contributed by atoms with E-state index in [1.165, 1.54) is 25.2 Å². The fraction of sp³-hybridized carbons (Fsp3) is 0.231. The molecule has 4 rings (SSSR count). The summed E-state index contributed by atoms with van der Waals surface area (Å²) in [5.41, 5.74) is 1.03. The highest BCUT2D eigenvalue weighted by atomic mass is 16.5. The van der Waals surface area contributed by atoms with E-state index in [9.17, 15) is 9.59 Å². The van der Waals surface area contributed by atoms with Crippen LogP contribution < -0.4 is 20.1 Å². The number of methoxy groups -OCH3 is 1. The summed E-state index contributed by atoms with van der Waals surface area (Å²) in [6.07, 6.45) is 7.80. The van der Waals surface area contributed by atoms with Crippen LogP contribution in [0.15, 0.2) is 77.0 Å². The number of nitrogens with one attached hydrogen (secondary N) is 2. The van der Waals surface area contributed by atoms with Gasteiger partial charge in [-0.05, 0) is 86.3 Å². The second-order valence-corrected chi connectivity index (χ2v) is 7.76. The Morgan fingerprint density at radius 3 is 2.30 bits per heavy atom. The van der Waals surface area contributed by atoms with Crippen LogP contribution in [0.25, 0.3) is 6.08 Å². The van der Waals surface area contributed by atoms with Crippen molar-refractivity contribution in [1.82, 2.24) is 5.32 Å². The Morgan fingerprint density at radius 1 is 0.970 bits per heavy atom. The number of benzene rings is 2. The number of ether oxygens (including phenoxy) is 2. The first kappa shape index (κ1) is 22.2. The minimum Gasteiger partial charge on any atom is -0.497 e. The van der Waals surface area contributed by atoms with Crippen LogP contribution in [0.5, 0.6) is 11.5 Å². The summed E-state index contributed by atoms with van der Waals surface area (Å²) in [6, 6.07) is 17.2. The Hall–Kier alpha value is -4.00. The lowest BCUT2D eigenvalue weighted by Crippen LogP contribution is -2.30. The first-order chi connectivity index (χ1) is 16.1. The highest BCUT2D eigenvalue weighted by Crippen LogP contribution is 2.25. The molecule has 1 saturated carbocycles. The van der Waals surface area contributed by atoms with Crippen molar-refractivity contribution in [2.24, 2.45) is 0 Å². The third-order valence-electron chi connectivity index (χ3n) is 5.39. The van der Waals surface area contributed by atoms with Gasteiger partial charge in [-0.3, -0.25) is 9.59 Å². The number of hydrogen-bond donors (Lipinski definition) is 2. The van der Waals surface area contributed by atoms with Crippen molar-refractivity contribution in [2.75, 3.05) is 12.4 Å². The van der Waals surface area contributed by atoms with Gasteiger partial charge in [-0.1, -0.05) is 0 Å². The van der Waals surface area contributed by atoms with E-state index in [1.54, 1.807) is 55.6 Å². The quantitative estimate of drug-likeness (QED) is 0.474. The van der Waals surface area contributed by atoms with Crippen LogP contribution in [-0.2, 0) is 4.79 Å². The Balaban J connectivity index is 1.45. The molecule has 2 aromatic carbocycles. The van der Waals surface area contributed by atoms with E-state index in [1.807, 2.05) is 12.1 Å². The van der Waals surface area contributed by atoms with E-state index in [0.717, 1.165) is 18.6 Å². The van der Waals surface area contributed by atoms with Crippen LogP contribution in [0.1, 0.15) is 41.8 Å². The zero-order chi connectivity index (χ0) is 23.0. The topological polar surface area (TPSA) is 89.8 Å². The average molecular weight is 447 g/mol. The number of furan rings is 1. The van der Waals surface area contributed by atoms with E-state index in [2.05, 4.69) is 10.6 Å². The molecule has 7 heteroatoms. The largest absolute Gasteiger partial charge is 0.497 e. The molecule has 33 heavy (non-hydrogen) atoms. The molecule has 1 aliphatic carbocycles. The molecule has 0 saturated heterocycles. The summed E-state index contributed by atoms with van der Waals surface area (Å²) in [4.78, 5) is 25.7. The van der Waals surface area contributed by atoms with Crippen molar-refractivity contribution in [3.05, 3.63) is 83.9 Å². The van der Waals surface area contributed by atoms with Gasteiger partial charge in [0.15, 0.2) is 0 Å². The first-order valence-corrected chi connectivity index (χ1v) is 10.9. The maximum Gasteiger partial charge on any atom is 0.272 e. The van der Waals surface area contributed by atoms with Crippen molar-refractivity contribution in [1.29, 1.82) is 0 Å². The van der Waals surface area contributed by atoms with Crippen LogP contribution in [0.2, 0.25) is 0 Å². The van der Waals surface area contributed by atoms with Crippen molar-refractivity contribution in [3.63, 3.8) is 0 Å². The minimum absolute atomic E-state index is 0.0528. The normalized spacial score (nSPS) is 14.0. The number of amides is 2. The molecule has 170 valence electrons. The fourth-order valence-corrected chi connectivity index (χ4v) is 3.62. The summed E-state index contributed by atoms with van der Waals surface area (Å²) in [6.45, 7) is 0. The SMILES string of the molecule is COc1ccc(C(=O)N/C(=C\c2ccco2)C(=O)Nc2ccc(OC3CCCC3)cc2)cc1. The molecule has 2 amide bonds. The Bertz CT molecular complexity index is 1100. The van der Waals surface area contributed by atoms with Crippen molar-refractivity contribution in [2.45, 2.75) is 31.8 Å². The first-order valence-electron chi connectivity index (χ1n) is 10.9. The van der Waals surface area contributed by atoms with Gasteiger partial charge in [0.1, 0.15) is 23.0 Å². The van der Waals surface area contributed by atoms with Crippen LogP contribution in [0.3, 0.4) is 0 Å². The van der Waals surface area contributed by atoms with Gasteiger partial charge in [0.25, 0.3) is 11.8 Å². The Labute approximate surface area is 192 Å². The zero-order valence-electron chi connectivity index (χ0n) is 18.4. The number of carbonyl (C=O) groups is 2.